The third-order valence-electron chi connectivity index (χ3n) is 4.51. The van der Waals surface area contributed by atoms with Crippen molar-refractivity contribution in [1.29, 1.82) is 0 Å². The van der Waals surface area contributed by atoms with E-state index < -0.39 is 0 Å². The average molecular weight is 312 g/mol. The van der Waals surface area contributed by atoms with Crippen LogP contribution in [0, 0.1) is 11.8 Å². The molecule has 0 saturated heterocycles. The second kappa shape index (κ2) is 5.72. The maximum absolute atomic E-state index is 11.8. The van der Waals surface area contributed by atoms with Gasteiger partial charge in [0.25, 0.3) is 0 Å². The highest BCUT2D eigenvalue weighted by Gasteiger charge is 2.31. The molecule has 4 rings (SSSR count). The quantitative estimate of drug-likeness (QED) is 0.636. The predicted molar refractivity (Wildman–Crippen MR) is 86.1 cm³/mol. The lowest BCUT2D eigenvalue weighted by Crippen LogP contribution is -2.26. The molecule has 2 aliphatic rings. The van der Waals surface area contributed by atoms with Crippen LogP contribution in [0.15, 0.2) is 24.4 Å². The number of aromatic nitrogens is 1. The Morgan fingerprint density at radius 1 is 1.17 bits per heavy atom. The normalized spacial score (nSPS) is 17.2. The van der Waals surface area contributed by atoms with Gasteiger partial charge >= 0.3 is 5.97 Å². The second-order valence-electron chi connectivity index (χ2n) is 6.53. The maximum atomic E-state index is 11.8. The number of rotatable bonds is 6. The van der Waals surface area contributed by atoms with Crippen LogP contribution in [-0.4, -0.2) is 23.4 Å². The molecule has 1 amide bonds. The molecule has 2 aliphatic carbocycles. The smallest absolute Gasteiger partial charge is 0.314 e. The first-order valence-electron chi connectivity index (χ1n) is 8.30. The standard InChI is InChI=1S/C18H20N2O3/c21-17(11-1-2-11)19-8-7-13-10-20-16-6-5-14(9-15(13)16)23-18(22)12-3-4-12/h5-6,9-12,20H,1-4,7-8H2,(H,19,21). The molecule has 2 aromatic rings. The number of benzene rings is 1. The summed E-state index contributed by atoms with van der Waals surface area (Å²) in [6.45, 7) is 0.633. The van der Waals surface area contributed by atoms with E-state index in [9.17, 15) is 9.59 Å². The van der Waals surface area contributed by atoms with Crippen molar-refractivity contribution in [3.05, 3.63) is 30.0 Å². The first-order valence-corrected chi connectivity index (χ1v) is 8.30. The van der Waals surface area contributed by atoms with E-state index in [4.69, 9.17) is 4.74 Å². The number of fused-ring (bicyclic) bond motifs is 1. The van der Waals surface area contributed by atoms with Gasteiger partial charge < -0.3 is 15.0 Å². The van der Waals surface area contributed by atoms with Crippen LogP contribution < -0.4 is 10.1 Å². The van der Waals surface area contributed by atoms with Gasteiger partial charge in [-0.05, 0) is 55.9 Å². The van der Waals surface area contributed by atoms with Crippen LogP contribution in [0.3, 0.4) is 0 Å². The van der Waals surface area contributed by atoms with Crippen molar-refractivity contribution in [1.82, 2.24) is 10.3 Å². The summed E-state index contributed by atoms with van der Waals surface area (Å²) >= 11 is 0. The Morgan fingerprint density at radius 2 is 1.96 bits per heavy atom. The molecule has 5 nitrogen and oxygen atoms in total. The van der Waals surface area contributed by atoms with Gasteiger partial charge in [0.2, 0.25) is 5.91 Å². The molecule has 5 heteroatoms. The monoisotopic (exact) mass is 312 g/mol. The summed E-state index contributed by atoms with van der Waals surface area (Å²) in [5, 5.41) is 4.03. The third-order valence-corrected chi connectivity index (χ3v) is 4.51. The lowest BCUT2D eigenvalue weighted by Gasteiger charge is -2.05. The van der Waals surface area contributed by atoms with Gasteiger partial charge in [0, 0.05) is 29.6 Å². The lowest BCUT2D eigenvalue weighted by atomic mass is 10.1. The van der Waals surface area contributed by atoms with Crippen molar-refractivity contribution in [2.45, 2.75) is 32.1 Å². The molecule has 1 aromatic heterocycles. The molecule has 0 unspecified atom stereocenters. The number of hydrogen-bond donors (Lipinski definition) is 2. The number of hydrogen-bond acceptors (Lipinski definition) is 3. The van der Waals surface area contributed by atoms with Gasteiger partial charge in [-0.25, -0.2) is 0 Å². The highest BCUT2D eigenvalue weighted by Crippen LogP contribution is 2.32. The Hall–Kier alpha value is -2.30. The van der Waals surface area contributed by atoms with Crippen LogP contribution in [0.25, 0.3) is 10.9 Å². The molecule has 0 radical (unpaired) electrons. The molecule has 2 saturated carbocycles. The van der Waals surface area contributed by atoms with E-state index in [0.717, 1.165) is 48.6 Å². The molecule has 23 heavy (non-hydrogen) atoms. The maximum Gasteiger partial charge on any atom is 0.314 e. The summed E-state index contributed by atoms with van der Waals surface area (Å²) < 4.78 is 5.43. The average Bonchev–Trinajstić information content (AvgIpc) is 3.44. The Morgan fingerprint density at radius 3 is 2.70 bits per heavy atom. The largest absolute Gasteiger partial charge is 0.426 e. The summed E-state index contributed by atoms with van der Waals surface area (Å²) in [5.41, 5.74) is 2.14. The highest BCUT2D eigenvalue weighted by atomic mass is 16.5. The van der Waals surface area contributed by atoms with Gasteiger partial charge in [-0.2, -0.15) is 0 Å². The number of esters is 1. The van der Waals surface area contributed by atoms with Crippen molar-refractivity contribution in [2.75, 3.05) is 6.54 Å². The number of aromatic amines is 1. The predicted octanol–water partition coefficient (Wildman–Crippen LogP) is 2.55. The van der Waals surface area contributed by atoms with Crippen LogP contribution in [0.4, 0.5) is 0 Å². The molecule has 0 atom stereocenters. The zero-order valence-electron chi connectivity index (χ0n) is 12.9. The zero-order chi connectivity index (χ0) is 15.8. The van der Waals surface area contributed by atoms with E-state index in [1.807, 2.05) is 24.4 Å². The molecule has 0 aliphatic heterocycles. The summed E-state index contributed by atoms with van der Waals surface area (Å²) in [7, 11) is 0. The van der Waals surface area contributed by atoms with Gasteiger partial charge in [0.1, 0.15) is 5.75 Å². The van der Waals surface area contributed by atoms with Crippen LogP contribution in [0.1, 0.15) is 31.2 Å². The Bertz CT molecular complexity index is 757. The lowest BCUT2D eigenvalue weighted by molar-refractivity contribution is -0.135. The summed E-state index contributed by atoms with van der Waals surface area (Å²) in [5.74, 6) is 0.972. The summed E-state index contributed by atoms with van der Waals surface area (Å²) in [6.07, 6.45) is 6.65. The van der Waals surface area contributed by atoms with Crippen molar-refractivity contribution in [3.63, 3.8) is 0 Å². The molecule has 0 bridgehead atoms. The van der Waals surface area contributed by atoms with Gasteiger partial charge in [-0.15, -0.1) is 0 Å². The van der Waals surface area contributed by atoms with Gasteiger partial charge in [-0.3, -0.25) is 9.59 Å². The minimum Gasteiger partial charge on any atom is -0.426 e. The Balaban J connectivity index is 1.43. The van der Waals surface area contributed by atoms with Crippen LogP contribution in [0.2, 0.25) is 0 Å². The number of carbonyl (C=O) groups is 2. The van der Waals surface area contributed by atoms with Crippen LogP contribution in [-0.2, 0) is 16.0 Å². The van der Waals surface area contributed by atoms with Gasteiger partial charge in [-0.1, -0.05) is 0 Å². The third kappa shape index (κ3) is 3.23. The number of H-pyrrole nitrogens is 1. The van der Waals surface area contributed by atoms with Crippen molar-refractivity contribution in [2.24, 2.45) is 11.8 Å². The Labute approximate surface area is 134 Å². The van der Waals surface area contributed by atoms with E-state index in [-0.39, 0.29) is 23.7 Å². The molecule has 2 N–H and O–H groups in total. The van der Waals surface area contributed by atoms with Crippen molar-refractivity contribution < 1.29 is 14.3 Å². The first-order chi connectivity index (χ1) is 11.2. The summed E-state index contributed by atoms with van der Waals surface area (Å²) in [4.78, 5) is 26.7. The number of ether oxygens (including phenoxy) is 1. The fraction of sp³-hybridized carbons (Fsp3) is 0.444. The SMILES string of the molecule is O=C(NCCc1c[nH]c2ccc(OC(=O)C3CC3)cc12)C1CC1. The van der Waals surface area contributed by atoms with E-state index in [1.165, 1.54) is 0 Å². The number of nitrogens with one attached hydrogen (secondary N) is 2. The van der Waals surface area contributed by atoms with Gasteiger partial charge in [0.05, 0.1) is 5.92 Å². The highest BCUT2D eigenvalue weighted by molar-refractivity contribution is 5.86. The minimum absolute atomic E-state index is 0.0917. The zero-order valence-corrected chi connectivity index (χ0v) is 12.9. The number of carbonyl (C=O) groups excluding carboxylic acids is 2. The van der Waals surface area contributed by atoms with Crippen LogP contribution >= 0.6 is 0 Å². The minimum atomic E-state index is -0.127. The molecule has 1 heterocycles. The Kier molecular flexibility index (Phi) is 3.56. The molecule has 0 spiro atoms. The van der Waals surface area contributed by atoms with Crippen molar-refractivity contribution >= 4 is 22.8 Å². The fourth-order valence-corrected chi connectivity index (χ4v) is 2.76. The van der Waals surface area contributed by atoms with Crippen molar-refractivity contribution in [3.8, 4) is 5.75 Å². The first kappa shape index (κ1) is 14.3. The van der Waals surface area contributed by atoms with E-state index in [1.54, 1.807) is 0 Å². The fourth-order valence-electron chi connectivity index (χ4n) is 2.76. The molecule has 1 aromatic carbocycles. The summed E-state index contributed by atoms with van der Waals surface area (Å²) in [6, 6.07) is 5.65. The molecule has 120 valence electrons. The van der Waals surface area contributed by atoms with E-state index in [2.05, 4.69) is 10.3 Å². The van der Waals surface area contributed by atoms with Gasteiger partial charge in [0.15, 0.2) is 0 Å². The van der Waals surface area contributed by atoms with E-state index >= 15 is 0 Å². The topological polar surface area (TPSA) is 71.2 Å². The second-order valence-corrected chi connectivity index (χ2v) is 6.53. The molecule has 2 fully saturated rings. The van der Waals surface area contributed by atoms with E-state index in [0.29, 0.717) is 12.3 Å². The molecular weight excluding hydrogens is 292 g/mol. The number of amides is 1. The molecular formula is C18H20N2O3. The van der Waals surface area contributed by atoms with Crippen LogP contribution in [0.5, 0.6) is 5.75 Å².